The molecule has 2 amide bonds. The van der Waals surface area contributed by atoms with Crippen molar-refractivity contribution in [1.82, 2.24) is 9.80 Å². The number of rotatable bonds is 5. The van der Waals surface area contributed by atoms with E-state index in [2.05, 4.69) is 10.2 Å². The zero-order chi connectivity index (χ0) is 18.5. The summed E-state index contributed by atoms with van der Waals surface area (Å²) in [7, 11) is 0. The molecule has 8 heteroatoms. The summed E-state index contributed by atoms with van der Waals surface area (Å²) in [6.45, 7) is 6.14. The average Bonchev–Trinajstić information content (AvgIpc) is 2.89. The van der Waals surface area contributed by atoms with Crippen LogP contribution in [0.3, 0.4) is 0 Å². The van der Waals surface area contributed by atoms with Gasteiger partial charge in [0.15, 0.2) is 0 Å². The van der Waals surface area contributed by atoms with E-state index in [-0.39, 0.29) is 11.8 Å². The van der Waals surface area contributed by atoms with E-state index in [9.17, 15) is 9.59 Å². The van der Waals surface area contributed by atoms with Crippen molar-refractivity contribution >= 4 is 51.9 Å². The summed E-state index contributed by atoms with van der Waals surface area (Å²) in [6, 6.07) is 7.36. The van der Waals surface area contributed by atoms with E-state index in [1.807, 2.05) is 30.3 Å². The van der Waals surface area contributed by atoms with Crippen LogP contribution in [0.25, 0.3) is 6.08 Å². The predicted octanol–water partition coefficient (Wildman–Crippen LogP) is 2.18. The summed E-state index contributed by atoms with van der Waals surface area (Å²) in [4.78, 5) is 28.3. The zero-order valence-electron chi connectivity index (χ0n) is 14.6. The van der Waals surface area contributed by atoms with Crippen LogP contribution in [0.1, 0.15) is 12.5 Å². The molecule has 0 unspecified atom stereocenters. The molecule has 0 atom stereocenters. The average molecular weight is 392 g/mol. The molecule has 6 nitrogen and oxygen atoms in total. The van der Waals surface area contributed by atoms with Gasteiger partial charge >= 0.3 is 0 Å². The lowest BCUT2D eigenvalue weighted by Crippen LogP contribution is -2.42. The third-order valence-electron chi connectivity index (χ3n) is 4.15. The molecular formula is C18H21N3O3S2. The van der Waals surface area contributed by atoms with Gasteiger partial charge in [0, 0.05) is 38.8 Å². The Morgan fingerprint density at radius 2 is 1.96 bits per heavy atom. The molecule has 138 valence electrons. The van der Waals surface area contributed by atoms with Gasteiger partial charge in [-0.2, -0.15) is 0 Å². The fourth-order valence-corrected chi connectivity index (χ4v) is 4.08. The number of anilines is 1. The number of hydrogen-bond acceptors (Lipinski definition) is 6. The van der Waals surface area contributed by atoms with Gasteiger partial charge in [0.05, 0.1) is 18.1 Å². The summed E-state index contributed by atoms with van der Waals surface area (Å²) in [5.41, 5.74) is 1.63. The fourth-order valence-electron chi connectivity index (χ4n) is 2.78. The standard InChI is InChI=1S/C18H21N3O3S2/c1-13(22)19-15-4-2-14(3-5-15)12-16-17(23)21(18(25)26-16)7-6-20-8-10-24-11-9-20/h2-5,12H,6-11H2,1H3,(H,19,22)/b16-12+. The minimum atomic E-state index is -0.112. The monoisotopic (exact) mass is 391 g/mol. The SMILES string of the molecule is CC(=O)Nc1ccc(/C=C2/SC(=S)N(CCN3CCOCC3)C2=O)cc1. The van der Waals surface area contributed by atoms with Crippen LogP contribution in [-0.2, 0) is 14.3 Å². The molecule has 1 aromatic rings. The molecule has 3 rings (SSSR count). The Bertz CT molecular complexity index is 728. The molecule has 0 aliphatic carbocycles. The van der Waals surface area contributed by atoms with Crippen molar-refractivity contribution in [3.8, 4) is 0 Å². The minimum absolute atomic E-state index is 0.0424. The molecule has 0 spiro atoms. The maximum atomic E-state index is 12.7. The Morgan fingerprint density at radius 1 is 1.27 bits per heavy atom. The molecule has 0 radical (unpaired) electrons. The second-order valence-corrected chi connectivity index (χ2v) is 7.77. The zero-order valence-corrected chi connectivity index (χ0v) is 16.2. The molecule has 0 bridgehead atoms. The summed E-state index contributed by atoms with van der Waals surface area (Å²) < 4.78 is 5.94. The number of carbonyl (C=O) groups excluding carboxylic acids is 2. The Balaban J connectivity index is 1.61. The van der Waals surface area contributed by atoms with Crippen molar-refractivity contribution in [1.29, 1.82) is 0 Å². The molecule has 2 heterocycles. The molecule has 2 aliphatic rings. The first kappa shape index (κ1) is 19.0. The number of benzene rings is 1. The van der Waals surface area contributed by atoms with Crippen molar-refractivity contribution in [3.05, 3.63) is 34.7 Å². The number of morpholine rings is 1. The summed E-state index contributed by atoms with van der Waals surface area (Å²) >= 11 is 6.72. The highest BCUT2D eigenvalue weighted by molar-refractivity contribution is 8.26. The molecule has 0 aromatic heterocycles. The van der Waals surface area contributed by atoms with Crippen molar-refractivity contribution in [3.63, 3.8) is 0 Å². The Hall–Kier alpha value is -1.74. The van der Waals surface area contributed by atoms with Crippen molar-refractivity contribution < 1.29 is 14.3 Å². The van der Waals surface area contributed by atoms with E-state index in [4.69, 9.17) is 17.0 Å². The van der Waals surface area contributed by atoms with Crippen LogP contribution in [0.4, 0.5) is 5.69 Å². The van der Waals surface area contributed by atoms with Gasteiger partial charge in [-0.1, -0.05) is 36.1 Å². The molecule has 26 heavy (non-hydrogen) atoms. The smallest absolute Gasteiger partial charge is 0.266 e. The van der Waals surface area contributed by atoms with Crippen LogP contribution in [0, 0.1) is 0 Å². The summed E-state index contributed by atoms with van der Waals surface area (Å²) in [5.74, 6) is -0.155. The van der Waals surface area contributed by atoms with Gasteiger partial charge in [-0.3, -0.25) is 19.4 Å². The van der Waals surface area contributed by atoms with Gasteiger partial charge in [0.25, 0.3) is 5.91 Å². The quantitative estimate of drug-likeness (QED) is 0.613. The number of nitrogens with zero attached hydrogens (tertiary/aromatic N) is 2. The summed E-state index contributed by atoms with van der Waals surface area (Å²) in [5, 5.41) is 2.72. The number of hydrogen-bond donors (Lipinski definition) is 1. The number of amides is 2. The van der Waals surface area contributed by atoms with E-state index in [0.717, 1.165) is 44.1 Å². The normalized spacial score (nSPS) is 20.0. The van der Waals surface area contributed by atoms with Gasteiger partial charge in [-0.25, -0.2) is 0 Å². The van der Waals surface area contributed by atoms with Crippen LogP contribution in [0.5, 0.6) is 0 Å². The van der Waals surface area contributed by atoms with Crippen molar-refractivity contribution in [2.45, 2.75) is 6.92 Å². The second kappa shape index (κ2) is 8.77. The van der Waals surface area contributed by atoms with Gasteiger partial charge in [-0.15, -0.1) is 0 Å². The third-order valence-corrected chi connectivity index (χ3v) is 5.52. The largest absolute Gasteiger partial charge is 0.379 e. The van der Waals surface area contributed by atoms with E-state index in [0.29, 0.717) is 15.8 Å². The van der Waals surface area contributed by atoms with Gasteiger partial charge in [0.2, 0.25) is 5.91 Å². The van der Waals surface area contributed by atoms with Crippen LogP contribution in [-0.4, -0.2) is 65.3 Å². The molecule has 2 aliphatic heterocycles. The first-order valence-electron chi connectivity index (χ1n) is 8.46. The Kier molecular flexibility index (Phi) is 6.42. The third kappa shape index (κ3) is 4.91. The van der Waals surface area contributed by atoms with E-state index >= 15 is 0 Å². The molecule has 0 saturated carbocycles. The number of thiocarbonyl (C=S) groups is 1. The Labute approximate surface area is 162 Å². The lowest BCUT2D eigenvalue weighted by molar-refractivity contribution is -0.122. The van der Waals surface area contributed by atoms with Gasteiger partial charge < -0.3 is 10.1 Å². The number of nitrogens with one attached hydrogen (secondary N) is 1. The number of carbonyl (C=O) groups is 2. The molecule has 2 fully saturated rings. The number of thioether (sulfide) groups is 1. The van der Waals surface area contributed by atoms with Crippen molar-refractivity contribution in [2.24, 2.45) is 0 Å². The highest BCUT2D eigenvalue weighted by Gasteiger charge is 2.32. The maximum absolute atomic E-state index is 12.7. The van der Waals surface area contributed by atoms with Crippen LogP contribution < -0.4 is 5.32 Å². The number of ether oxygens (including phenoxy) is 1. The molecular weight excluding hydrogens is 370 g/mol. The first-order chi connectivity index (χ1) is 12.5. The topological polar surface area (TPSA) is 61.9 Å². The van der Waals surface area contributed by atoms with Crippen LogP contribution in [0.2, 0.25) is 0 Å². The van der Waals surface area contributed by atoms with E-state index in [1.165, 1.54) is 18.7 Å². The maximum Gasteiger partial charge on any atom is 0.266 e. The fraction of sp³-hybridized carbons (Fsp3) is 0.389. The van der Waals surface area contributed by atoms with Crippen LogP contribution in [0.15, 0.2) is 29.2 Å². The lowest BCUT2D eigenvalue weighted by Gasteiger charge is -2.28. The van der Waals surface area contributed by atoms with E-state index in [1.54, 1.807) is 4.90 Å². The lowest BCUT2D eigenvalue weighted by atomic mass is 10.2. The van der Waals surface area contributed by atoms with E-state index < -0.39 is 0 Å². The predicted molar refractivity (Wildman–Crippen MR) is 108 cm³/mol. The van der Waals surface area contributed by atoms with Gasteiger partial charge in [0.1, 0.15) is 4.32 Å². The summed E-state index contributed by atoms with van der Waals surface area (Å²) in [6.07, 6.45) is 1.84. The highest BCUT2D eigenvalue weighted by atomic mass is 32.2. The molecule has 1 aromatic carbocycles. The highest BCUT2D eigenvalue weighted by Crippen LogP contribution is 2.32. The van der Waals surface area contributed by atoms with Crippen molar-refractivity contribution in [2.75, 3.05) is 44.7 Å². The first-order valence-corrected chi connectivity index (χ1v) is 9.68. The minimum Gasteiger partial charge on any atom is -0.379 e. The molecule has 1 N–H and O–H groups in total. The Morgan fingerprint density at radius 3 is 2.62 bits per heavy atom. The van der Waals surface area contributed by atoms with Gasteiger partial charge in [-0.05, 0) is 23.8 Å². The second-order valence-electron chi connectivity index (χ2n) is 6.09. The van der Waals surface area contributed by atoms with Crippen LogP contribution >= 0.6 is 24.0 Å². The molecule has 2 saturated heterocycles.